The molecule has 0 saturated carbocycles. The summed E-state index contributed by atoms with van der Waals surface area (Å²) >= 11 is 5.45. The van der Waals surface area contributed by atoms with Gasteiger partial charge in [0.25, 0.3) is 10.1 Å². The van der Waals surface area contributed by atoms with Gasteiger partial charge in [-0.1, -0.05) is 0 Å². The van der Waals surface area contributed by atoms with Crippen molar-refractivity contribution in [3.05, 3.63) is 23.8 Å². The minimum atomic E-state index is -4.19. The molecule has 16 heavy (non-hydrogen) atoms. The Morgan fingerprint density at radius 1 is 1.56 bits per heavy atom. The van der Waals surface area contributed by atoms with E-state index >= 15 is 0 Å². The summed E-state index contributed by atoms with van der Waals surface area (Å²) in [5.41, 5.74) is 6.31. The van der Waals surface area contributed by atoms with Gasteiger partial charge in [0.15, 0.2) is 0 Å². The number of halogens is 1. The van der Waals surface area contributed by atoms with E-state index in [0.29, 0.717) is 11.3 Å². The fourth-order valence-electron chi connectivity index (χ4n) is 1.19. The number of nitrogens with two attached hydrogens (primary N) is 1. The zero-order valence-electron chi connectivity index (χ0n) is 8.51. The third-order valence-corrected chi connectivity index (χ3v) is 3.13. The first-order valence-corrected chi connectivity index (χ1v) is 6.29. The van der Waals surface area contributed by atoms with Crippen molar-refractivity contribution in [2.24, 2.45) is 10.7 Å². The summed E-state index contributed by atoms with van der Waals surface area (Å²) in [4.78, 5) is 3.80. The van der Waals surface area contributed by atoms with Crippen molar-refractivity contribution in [2.75, 3.05) is 5.88 Å². The Bertz CT molecular complexity index is 526. The van der Waals surface area contributed by atoms with Crippen LogP contribution in [0.2, 0.25) is 0 Å². The maximum Gasteiger partial charge on any atom is 0.294 e. The SMILES string of the molecule is Cc1cc(N=C(N)CCl)ccc1S(=O)(=O)O. The maximum atomic E-state index is 10.9. The van der Waals surface area contributed by atoms with Gasteiger partial charge in [0.1, 0.15) is 5.84 Å². The molecule has 0 aliphatic rings. The van der Waals surface area contributed by atoms with Crippen LogP contribution in [-0.2, 0) is 10.1 Å². The highest BCUT2D eigenvalue weighted by molar-refractivity contribution is 7.85. The van der Waals surface area contributed by atoms with Crippen LogP contribution in [0.3, 0.4) is 0 Å². The van der Waals surface area contributed by atoms with Gasteiger partial charge in [-0.15, -0.1) is 11.6 Å². The standard InChI is InChI=1S/C9H11ClN2O3S/c1-6-4-7(12-9(11)5-10)2-3-8(6)16(13,14)15/h2-4H,5H2,1H3,(H2,11,12)(H,13,14,15). The van der Waals surface area contributed by atoms with Crippen LogP contribution in [0.1, 0.15) is 5.56 Å². The molecule has 1 rings (SSSR count). The summed E-state index contributed by atoms with van der Waals surface area (Å²) in [6.45, 7) is 1.55. The second kappa shape index (κ2) is 4.82. The molecule has 0 saturated heterocycles. The normalized spacial score (nSPS) is 12.8. The lowest BCUT2D eigenvalue weighted by atomic mass is 10.2. The lowest BCUT2D eigenvalue weighted by Gasteiger charge is -2.03. The molecule has 3 N–H and O–H groups in total. The number of amidine groups is 1. The van der Waals surface area contributed by atoms with E-state index < -0.39 is 10.1 Å². The average molecular weight is 263 g/mol. The largest absolute Gasteiger partial charge is 0.386 e. The van der Waals surface area contributed by atoms with Crippen molar-refractivity contribution in [3.8, 4) is 0 Å². The van der Waals surface area contributed by atoms with Crippen LogP contribution in [0.4, 0.5) is 5.69 Å². The summed E-state index contributed by atoms with van der Waals surface area (Å²) in [6.07, 6.45) is 0. The number of aryl methyl sites for hydroxylation is 1. The summed E-state index contributed by atoms with van der Waals surface area (Å²) in [7, 11) is -4.19. The van der Waals surface area contributed by atoms with Crippen LogP contribution in [0.5, 0.6) is 0 Å². The molecule has 0 atom stereocenters. The number of nitrogens with zero attached hydrogens (tertiary/aromatic N) is 1. The molecule has 0 amide bonds. The van der Waals surface area contributed by atoms with Crippen LogP contribution < -0.4 is 5.73 Å². The molecule has 0 aliphatic carbocycles. The molecular formula is C9H11ClN2O3S. The number of rotatable bonds is 3. The quantitative estimate of drug-likeness (QED) is 0.373. The van der Waals surface area contributed by atoms with Crippen molar-refractivity contribution in [1.29, 1.82) is 0 Å². The van der Waals surface area contributed by atoms with Gasteiger partial charge in [-0.25, -0.2) is 4.99 Å². The first-order chi connectivity index (χ1) is 7.34. The molecule has 0 unspecified atom stereocenters. The van der Waals surface area contributed by atoms with E-state index in [2.05, 4.69) is 4.99 Å². The first kappa shape index (κ1) is 13.0. The van der Waals surface area contributed by atoms with E-state index in [1.165, 1.54) is 18.2 Å². The molecule has 0 aliphatic heterocycles. The number of aliphatic imine (C=N–C) groups is 1. The van der Waals surface area contributed by atoms with Gasteiger partial charge in [0, 0.05) is 0 Å². The summed E-state index contributed by atoms with van der Waals surface area (Å²) < 4.78 is 30.7. The van der Waals surface area contributed by atoms with Gasteiger partial charge in [-0.3, -0.25) is 4.55 Å². The number of benzene rings is 1. The Morgan fingerprint density at radius 2 is 2.19 bits per heavy atom. The summed E-state index contributed by atoms with van der Waals surface area (Å²) in [5.74, 6) is 0.333. The van der Waals surface area contributed by atoms with E-state index in [4.69, 9.17) is 21.9 Å². The van der Waals surface area contributed by atoms with Crippen molar-refractivity contribution < 1.29 is 13.0 Å². The number of hydrogen-bond donors (Lipinski definition) is 2. The summed E-state index contributed by atoms with van der Waals surface area (Å²) in [6, 6.07) is 4.21. The zero-order valence-corrected chi connectivity index (χ0v) is 10.1. The second-order valence-corrected chi connectivity index (χ2v) is 4.82. The molecule has 5 nitrogen and oxygen atoms in total. The number of hydrogen-bond acceptors (Lipinski definition) is 3. The van der Waals surface area contributed by atoms with Crippen LogP contribution >= 0.6 is 11.6 Å². The Labute approximate surface area is 98.7 Å². The predicted molar refractivity (Wildman–Crippen MR) is 63.0 cm³/mol. The third kappa shape index (κ3) is 3.19. The van der Waals surface area contributed by atoms with Crippen molar-refractivity contribution >= 4 is 33.2 Å². The predicted octanol–water partition coefficient (Wildman–Crippen LogP) is 1.47. The van der Waals surface area contributed by atoms with Gasteiger partial charge >= 0.3 is 0 Å². The minimum absolute atomic E-state index is 0.0963. The maximum absolute atomic E-state index is 10.9. The molecule has 7 heteroatoms. The highest BCUT2D eigenvalue weighted by Gasteiger charge is 2.12. The van der Waals surface area contributed by atoms with Crippen LogP contribution in [0.15, 0.2) is 28.1 Å². The second-order valence-electron chi connectivity index (χ2n) is 3.16. The molecule has 1 aromatic rings. The van der Waals surface area contributed by atoms with Gasteiger partial charge in [0.05, 0.1) is 16.5 Å². The van der Waals surface area contributed by atoms with E-state index in [9.17, 15) is 8.42 Å². The van der Waals surface area contributed by atoms with Gasteiger partial charge in [-0.05, 0) is 30.7 Å². The fraction of sp³-hybridized carbons (Fsp3) is 0.222. The average Bonchev–Trinajstić information content (AvgIpc) is 2.15. The van der Waals surface area contributed by atoms with Crippen LogP contribution in [0.25, 0.3) is 0 Å². The molecule has 0 aromatic heterocycles. The van der Waals surface area contributed by atoms with Crippen molar-refractivity contribution in [3.63, 3.8) is 0 Å². The molecule has 0 fully saturated rings. The van der Waals surface area contributed by atoms with Gasteiger partial charge < -0.3 is 5.73 Å². The molecular weight excluding hydrogens is 252 g/mol. The molecule has 88 valence electrons. The molecule has 0 spiro atoms. The van der Waals surface area contributed by atoms with E-state index in [-0.39, 0.29) is 16.6 Å². The highest BCUT2D eigenvalue weighted by atomic mass is 35.5. The van der Waals surface area contributed by atoms with E-state index in [0.717, 1.165) is 0 Å². The molecule has 0 radical (unpaired) electrons. The lowest BCUT2D eigenvalue weighted by Crippen LogP contribution is -2.12. The molecule has 0 heterocycles. The minimum Gasteiger partial charge on any atom is -0.386 e. The Morgan fingerprint density at radius 3 is 2.62 bits per heavy atom. The van der Waals surface area contributed by atoms with Gasteiger partial charge in [-0.2, -0.15) is 8.42 Å². The van der Waals surface area contributed by atoms with Crippen LogP contribution in [0, 0.1) is 6.92 Å². The van der Waals surface area contributed by atoms with Crippen LogP contribution in [-0.4, -0.2) is 24.7 Å². The lowest BCUT2D eigenvalue weighted by molar-refractivity contribution is 0.482. The van der Waals surface area contributed by atoms with Crippen molar-refractivity contribution in [2.45, 2.75) is 11.8 Å². The van der Waals surface area contributed by atoms with E-state index in [1.54, 1.807) is 6.92 Å². The Hall–Kier alpha value is -1.11. The third-order valence-electron chi connectivity index (χ3n) is 1.85. The Kier molecular flexibility index (Phi) is 3.90. The van der Waals surface area contributed by atoms with Gasteiger partial charge in [0.2, 0.25) is 0 Å². The molecule has 1 aromatic carbocycles. The fourth-order valence-corrected chi connectivity index (χ4v) is 1.95. The van der Waals surface area contributed by atoms with E-state index in [1.807, 2.05) is 0 Å². The molecule has 0 bridgehead atoms. The number of alkyl halides is 1. The highest BCUT2D eigenvalue weighted by Crippen LogP contribution is 2.21. The van der Waals surface area contributed by atoms with Crippen molar-refractivity contribution in [1.82, 2.24) is 0 Å². The zero-order chi connectivity index (χ0) is 12.3. The monoisotopic (exact) mass is 262 g/mol. The summed E-state index contributed by atoms with van der Waals surface area (Å²) in [5, 5.41) is 0. The Balaban J connectivity index is 3.20. The topological polar surface area (TPSA) is 92.8 Å². The first-order valence-electron chi connectivity index (χ1n) is 4.31. The smallest absolute Gasteiger partial charge is 0.294 e.